The first-order chi connectivity index (χ1) is 9.65. The molecule has 0 saturated carbocycles. The number of halogens is 1. The standard InChI is InChI=1S/C15H18FNO2S/c16-14-4-2-13(12(10-14)3-5-15(18)19)11-17-6-1-8-20-9-7-17/h2-5,10H,1,6-9,11H2,(H,18,19). The number of benzene rings is 1. The van der Waals surface area contributed by atoms with E-state index >= 15 is 0 Å². The lowest BCUT2D eigenvalue weighted by Crippen LogP contribution is -2.25. The van der Waals surface area contributed by atoms with E-state index in [0.29, 0.717) is 5.56 Å². The molecule has 1 aromatic carbocycles. The number of hydrogen-bond acceptors (Lipinski definition) is 3. The summed E-state index contributed by atoms with van der Waals surface area (Å²) < 4.78 is 13.3. The Bertz CT molecular complexity index is 497. The Morgan fingerprint density at radius 2 is 2.25 bits per heavy atom. The molecule has 1 heterocycles. The van der Waals surface area contributed by atoms with Gasteiger partial charge in [0.05, 0.1) is 0 Å². The van der Waals surface area contributed by atoms with Gasteiger partial charge in [0.25, 0.3) is 0 Å². The molecule has 0 atom stereocenters. The van der Waals surface area contributed by atoms with E-state index in [1.807, 2.05) is 11.8 Å². The third-order valence-corrected chi connectivity index (χ3v) is 4.27. The number of aliphatic carboxylic acids is 1. The fraction of sp³-hybridized carbons (Fsp3) is 0.400. The molecule has 0 aliphatic carbocycles. The van der Waals surface area contributed by atoms with Crippen LogP contribution in [0.25, 0.3) is 6.08 Å². The van der Waals surface area contributed by atoms with Gasteiger partial charge in [0.2, 0.25) is 0 Å². The lowest BCUT2D eigenvalue weighted by atomic mass is 10.1. The Hall–Kier alpha value is -1.33. The van der Waals surface area contributed by atoms with Crippen LogP contribution < -0.4 is 0 Å². The fourth-order valence-corrected chi connectivity index (χ4v) is 3.15. The molecule has 3 nitrogen and oxygen atoms in total. The molecule has 0 amide bonds. The summed E-state index contributed by atoms with van der Waals surface area (Å²) in [6.45, 7) is 2.79. The van der Waals surface area contributed by atoms with E-state index in [-0.39, 0.29) is 5.82 Å². The maximum absolute atomic E-state index is 13.3. The minimum absolute atomic E-state index is 0.342. The summed E-state index contributed by atoms with van der Waals surface area (Å²) in [6, 6.07) is 4.57. The van der Waals surface area contributed by atoms with E-state index in [2.05, 4.69) is 4.90 Å². The number of thioether (sulfide) groups is 1. The van der Waals surface area contributed by atoms with Gasteiger partial charge >= 0.3 is 5.97 Å². The van der Waals surface area contributed by atoms with E-state index in [4.69, 9.17) is 5.11 Å². The number of carbonyl (C=O) groups is 1. The Labute approximate surface area is 122 Å². The van der Waals surface area contributed by atoms with Crippen LogP contribution in [0.3, 0.4) is 0 Å². The average molecular weight is 295 g/mol. The van der Waals surface area contributed by atoms with Crippen molar-refractivity contribution in [1.29, 1.82) is 0 Å². The average Bonchev–Trinajstić information content (AvgIpc) is 2.67. The van der Waals surface area contributed by atoms with Gasteiger partial charge in [0.15, 0.2) is 0 Å². The van der Waals surface area contributed by atoms with Gasteiger partial charge in [-0.2, -0.15) is 11.8 Å². The number of carboxylic acids is 1. The highest BCUT2D eigenvalue weighted by Crippen LogP contribution is 2.18. The predicted octanol–water partition coefficient (Wildman–Crippen LogP) is 2.86. The van der Waals surface area contributed by atoms with Crippen molar-refractivity contribution in [3.8, 4) is 0 Å². The van der Waals surface area contributed by atoms with Crippen molar-refractivity contribution in [2.45, 2.75) is 13.0 Å². The summed E-state index contributed by atoms with van der Waals surface area (Å²) in [6.07, 6.45) is 3.68. The second-order valence-corrected chi connectivity index (χ2v) is 5.98. The minimum atomic E-state index is -1.02. The Morgan fingerprint density at radius 1 is 1.40 bits per heavy atom. The molecule has 1 aromatic rings. The van der Waals surface area contributed by atoms with Crippen LogP contribution in [-0.2, 0) is 11.3 Å². The van der Waals surface area contributed by atoms with Crippen molar-refractivity contribution in [3.63, 3.8) is 0 Å². The summed E-state index contributed by atoms with van der Waals surface area (Å²) in [4.78, 5) is 12.9. The molecule has 0 unspecified atom stereocenters. The molecule has 2 rings (SSSR count). The molecule has 5 heteroatoms. The molecular weight excluding hydrogens is 277 g/mol. The summed E-state index contributed by atoms with van der Waals surface area (Å²) in [5, 5.41) is 8.70. The molecule has 0 aromatic heterocycles. The van der Waals surface area contributed by atoms with Gasteiger partial charge in [0.1, 0.15) is 5.82 Å². The van der Waals surface area contributed by atoms with Crippen molar-refractivity contribution in [2.75, 3.05) is 24.6 Å². The SMILES string of the molecule is O=C(O)C=Cc1cc(F)ccc1CN1CCCSCC1. The number of carboxylic acid groups (broad SMARTS) is 1. The van der Waals surface area contributed by atoms with Crippen molar-refractivity contribution in [2.24, 2.45) is 0 Å². The summed E-state index contributed by atoms with van der Waals surface area (Å²) >= 11 is 1.96. The van der Waals surface area contributed by atoms with Crippen LogP contribution in [0.15, 0.2) is 24.3 Å². The monoisotopic (exact) mass is 295 g/mol. The van der Waals surface area contributed by atoms with Crippen LogP contribution in [0.1, 0.15) is 17.5 Å². The van der Waals surface area contributed by atoms with Gasteiger partial charge < -0.3 is 5.11 Å². The van der Waals surface area contributed by atoms with Crippen molar-refractivity contribution >= 4 is 23.8 Å². The molecule has 0 radical (unpaired) electrons. The van der Waals surface area contributed by atoms with Crippen molar-refractivity contribution < 1.29 is 14.3 Å². The van der Waals surface area contributed by atoms with E-state index in [1.54, 1.807) is 6.07 Å². The normalized spacial score (nSPS) is 17.2. The lowest BCUT2D eigenvalue weighted by Gasteiger charge is -2.20. The van der Waals surface area contributed by atoms with E-state index in [9.17, 15) is 9.18 Å². The summed E-state index contributed by atoms with van der Waals surface area (Å²) in [5.41, 5.74) is 1.61. The lowest BCUT2D eigenvalue weighted by molar-refractivity contribution is -0.131. The maximum atomic E-state index is 13.3. The van der Waals surface area contributed by atoms with Crippen LogP contribution >= 0.6 is 11.8 Å². The Kier molecular flexibility index (Phi) is 5.61. The van der Waals surface area contributed by atoms with E-state index < -0.39 is 5.97 Å². The Balaban J connectivity index is 2.14. The largest absolute Gasteiger partial charge is 0.478 e. The first-order valence-corrected chi connectivity index (χ1v) is 7.80. The summed E-state index contributed by atoms with van der Waals surface area (Å²) in [7, 11) is 0. The van der Waals surface area contributed by atoms with Gasteiger partial charge in [-0.1, -0.05) is 6.07 Å². The highest BCUT2D eigenvalue weighted by Gasteiger charge is 2.11. The quantitative estimate of drug-likeness (QED) is 0.867. The third-order valence-electron chi connectivity index (χ3n) is 3.22. The molecule has 1 aliphatic heterocycles. The number of nitrogens with zero attached hydrogens (tertiary/aromatic N) is 1. The first-order valence-electron chi connectivity index (χ1n) is 6.65. The zero-order chi connectivity index (χ0) is 14.4. The highest BCUT2D eigenvalue weighted by molar-refractivity contribution is 7.99. The van der Waals surface area contributed by atoms with Crippen molar-refractivity contribution in [1.82, 2.24) is 4.90 Å². The minimum Gasteiger partial charge on any atom is -0.478 e. The highest BCUT2D eigenvalue weighted by atomic mass is 32.2. The molecule has 0 spiro atoms. The predicted molar refractivity (Wildman–Crippen MR) is 80.3 cm³/mol. The Morgan fingerprint density at radius 3 is 3.05 bits per heavy atom. The third kappa shape index (κ3) is 4.65. The molecule has 20 heavy (non-hydrogen) atoms. The van der Waals surface area contributed by atoms with Gasteiger partial charge in [-0.3, -0.25) is 4.90 Å². The molecule has 1 saturated heterocycles. The molecule has 108 valence electrons. The van der Waals surface area contributed by atoms with Crippen LogP contribution in [0, 0.1) is 5.82 Å². The summed E-state index contributed by atoms with van der Waals surface area (Å²) in [5.74, 6) is 0.935. The zero-order valence-electron chi connectivity index (χ0n) is 11.2. The molecule has 1 aliphatic rings. The van der Waals surface area contributed by atoms with Gasteiger partial charge in [-0.25, -0.2) is 9.18 Å². The maximum Gasteiger partial charge on any atom is 0.328 e. The van der Waals surface area contributed by atoms with Gasteiger partial charge in [-0.15, -0.1) is 0 Å². The second kappa shape index (κ2) is 7.45. The van der Waals surface area contributed by atoms with Crippen molar-refractivity contribution in [3.05, 3.63) is 41.2 Å². The van der Waals surface area contributed by atoms with Crippen LogP contribution in [0.5, 0.6) is 0 Å². The fourth-order valence-electron chi connectivity index (χ4n) is 2.22. The van der Waals surface area contributed by atoms with Gasteiger partial charge in [-0.05, 0) is 48.1 Å². The van der Waals surface area contributed by atoms with Crippen LogP contribution in [0.4, 0.5) is 4.39 Å². The number of hydrogen-bond donors (Lipinski definition) is 1. The van der Waals surface area contributed by atoms with Crippen LogP contribution in [-0.4, -0.2) is 40.6 Å². The molecule has 1 N–H and O–H groups in total. The zero-order valence-corrected chi connectivity index (χ0v) is 12.0. The van der Waals surface area contributed by atoms with E-state index in [1.165, 1.54) is 24.0 Å². The molecule has 1 fully saturated rings. The topological polar surface area (TPSA) is 40.5 Å². The molecular formula is C15H18FNO2S. The van der Waals surface area contributed by atoms with Crippen LogP contribution in [0.2, 0.25) is 0 Å². The smallest absolute Gasteiger partial charge is 0.328 e. The van der Waals surface area contributed by atoms with E-state index in [0.717, 1.165) is 43.4 Å². The molecule has 0 bridgehead atoms. The second-order valence-electron chi connectivity index (χ2n) is 4.76. The van der Waals surface area contributed by atoms with Gasteiger partial charge in [0, 0.05) is 24.9 Å². The first kappa shape index (κ1) is 15.1. The number of rotatable bonds is 4.